The minimum atomic E-state index is -0.393. The van der Waals surface area contributed by atoms with Gasteiger partial charge >= 0.3 is 0 Å². The second kappa shape index (κ2) is 5.44. The zero-order chi connectivity index (χ0) is 14.9. The first-order chi connectivity index (χ1) is 10.1. The zero-order valence-electron chi connectivity index (χ0n) is 11.6. The topological polar surface area (TPSA) is 80.9 Å². The predicted octanol–water partition coefficient (Wildman–Crippen LogP) is 1.88. The van der Waals surface area contributed by atoms with Crippen molar-refractivity contribution in [1.29, 1.82) is 0 Å². The largest absolute Gasteiger partial charge is 0.356 e. The van der Waals surface area contributed by atoms with E-state index in [1.807, 2.05) is 13.0 Å². The van der Waals surface area contributed by atoms with Crippen molar-refractivity contribution in [1.82, 2.24) is 20.4 Å². The van der Waals surface area contributed by atoms with E-state index in [0.717, 1.165) is 12.0 Å². The number of amides is 1. The first-order valence-corrected chi connectivity index (χ1v) is 7.13. The Morgan fingerprint density at radius 3 is 3.14 bits per heavy atom. The molecule has 1 atom stereocenters. The molecule has 0 saturated carbocycles. The standard InChI is InChI=1S/C14H15ClN4O2/c1-14(3-5-17-12(20)7-14)13-18-11(19-21-13)6-9-2-4-16-8-10(9)15/h2,4,8H,3,5-7H2,1H3,(H,17,20). The fourth-order valence-corrected chi connectivity index (χ4v) is 2.64. The Morgan fingerprint density at radius 1 is 1.52 bits per heavy atom. The van der Waals surface area contributed by atoms with Crippen LogP contribution in [0.1, 0.15) is 37.0 Å². The van der Waals surface area contributed by atoms with Crippen LogP contribution in [-0.4, -0.2) is 27.6 Å². The van der Waals surface area contributed by atoms with Gasteiger partial charge in [-0.3, -0.25) is 9.78 Å². The van der Waals surface area contributed by atoms with Gasteiger partial charge in [-0.1, -0.05) is 23.7 Å². The number of carbonyl (C=O) groups excluding carboxylic acids is 1. The molecule has 2 aromatic heterocycles. The molecule has 0 spiro atoms. The summed E-state index contributed by atoms with van der Waals surface area (Å²) in [6.07, 6.45) is 4.90. The molecule has 0 bridgehead atoms. The molecular weight excluding hydrogens is 292 g/mol. The quantitative estimate of drug-likeness (QED) is 0.936. The number of nitrogens with one attached hydrogen (secondary N) is 1. The molecule has 7 heteroatoms. The summed E-state index contributed by atoms with van der Waals surface area (Å²) < 4.78 is 5.37. The second-order valence-electron chi connectivity index (χ2n) is 5.50. The highest BCUT2D eigenvalue weighted by Crippen LogP contribution is 2.32. The summed E-state index contributed by atoms with van der Waals surface area (Å²) in [6, 6.07) is 1.83. The van der Waals surface area contributed by atoms with Crippen LogP contribution in [0, 0.1) is 0 Å². The summed E-state index contributed by atoms with van der Waals surface area (Å²) in [7, 11) is 0. The van der Waals surface area contributed by atoms with E-state index in [4.69, 9.17) is 16.1 Å². The lowest BCUT2D eigenvalue weighted by molar-refractivity contribution is -0.124. The maximum Gasteiger partial charge on any atom is 0.233 e. The van der Waals surface area contributed by atoms with Crippen molar-refractivity contribution in [3.8, 4) is 0 Å². The summed E-state index contributed by atoms with van der Waals surface area (Å²) >= 11 is 6.07. The van der Waals surface area contributed by atoms with Gasteiger partial charge in [0.05, 0.1) is 10.4 Å². The van der Waals surface area contributed by atoms with Gasteiger partial charge in [-0.15, -0.1) is 0 Å². The highest BCUT2D eigenvalue weighted by atomic mass is 35.5. The molecule has 1 saturated heterocycles. The Kier molecular flexibility index (Phi) is 3.63. The van der Waals surface area contributed by atoms with Crippen molar-refractivity contribution in [3.05, 3.63) is 40.8 Å². The number of piperidine rings is 1. The predicted molar refractivity (Wildman–Crippen MR) is 75.9 cm³/mol. The molecule has 0 aromatic carbocycles. The average Bonchev–Trinajstić information content (AvgIpc) is 2.91. The molecular formula is C14H15ClN4O2. The number of hydrogen-bond acceptors (Lipinski definition) is 5. The highest BCUT2D eigenvalue weighted by molar-refractivity contribution is 6.31. The van der Waals surface area contributed by atoms with Crippen LogP contribution < -0.4 is 5.32 Å². The molecule has 3 heterocycles. The van der Waals surface area contributed by atoms with Gasteiger partial charge in [0.1, 0.15) is 0 Å². The van der Waals surface area contributed by atoms with E-state index < -0.39 is 5.41 Å². The first-order valence-electron chi connectivity index (χ1n) is 6.75. The van der Waals surface area contributed by atoms with E-state index in [1.54, 1.807) is 12.4 Å². The molecule has 0 aliphatic carbocycles. The first kappa shape index (κ1) is 14.0. The van der Waals surface area contributed by atoms with Gasteiger partial charge in [0.25, 0.3) is 0 Å². The number of rotatable bonds is 3. The van der Waals surface area contributed by atoms with Crippen LogP contribution in [-0.2, 0) is 16.6 Å². The van der Waals surface area contributed by atoms with Crippen LogP contribution in [0.3, 0.4) is 0 Å². The van der Waals surface area contributed by atoms with Crippen molar-refractivity contribution in [2.24, 2.45) is 0 Å². The van der Waals surface area contributed by atoms with Gasteiger partial charge in [-0.2, -0.15) is 4.98 Å². The van der Waals surface area contributed by atoms with Crippen molar-refractivity contribution >= 4 is 17.5 Å². The van der Waals surface area contributed by atoms with E-state index in [-0.39, 0.29) is 5.91 Å². The van der Waals surface area contributed by atoms with Gasteiger partial charge < -0.3 is 9.84 Å². The third-order valence-corrected chi connectivity index (χ3v) is 4.08. The SMILES string of the molecule is CC1(c2nc(Cc3ccncc3Cl)no2)CCNC(=O)C1. The third kappa shape index (κ3) is 2.90. The van der Waals surface area contributed by atoms with E-state index in [1.165, 1.54) is 0 Å². The molecule has 1 amide bonds. The summed E-state index contributed by atoms with van der Waals surface area (Å²) in [5, 5.41) is 7.39. The van der Waals surface area contributed by atoms with E-state index in [2.05, 4.69) is 20.4 Å². The van der Waals surface area contributed by atoms with Gasteiger partial charge in [0.15, 0.2) is 5.82 Å². The molecule has 0 radical (unpaired) electrons. The molecule has 1 unspecified atom stereocenters. The monoisotopic (exact) mass is 306 g/mol. The number of hydrogen-bond donors (Lipinski definition) is 1. The minimum absolute atomic E-state index is 0.0145. The lowest BCUT2D eigenvalue weighted by Crippen LogP contribution is -2.41. The van der Waals surface area contributed by atoms with E-state index in [9.17, 15) is 4.79 Å². The zero-order valence-corrected chi connectivity index (χ0v) is 12.4. The Labute approximate surface area is 126 Å². The Bertz CT molecular complexity index is 672. The van der Waals surface area contributed by atoms with Crippen LogP contribution >= 0.6 is 11.6 Å². The lowest BCUT2D eigenvalue weighted by Gasteiger charge is -2.29. The number of aromatic nitrogens is 3. The van der Waals surface area contributed by atoms with Crippen LogP contribution in [0.5, 0.6) is 0 Å². The molecule has 1 N–H and O–H groups in total. The van der Waals surface area contributed by atoms with Crippen molar-refractivity contribution in [2.45, 2.75) is 31.6 Å². The Balaban J connectivity index is 1.80. The van der Waals surface area contributed by atoms with Crippen LogP contribution in [0.2, 0.25) is 5.02 Å². The Hall–Kier alpha value is -1.95. The van der Waals surface area contributed by atoms with Crippen molar-refractivity contribution in [3.63, 3.8) is 0 Å². The molecule has 3 rings (SSSR count). The summed E-state index contributed by atoms with van der Waals surface area (Å²) in [4.78, 5) is 20.0. The van der Waals surface area contributed by atoms with Crippen LogP contribution in [0.25, 0.3) is 0 Å². The van der Waals surface area contributed by atoms with Gasteiger partial charge in [-0.05, 0) is 18.1 Å². The smallest absolute Gasteiger partial charge is 0.233 e. The van der Waals surface area contributed by atoms with Crippen molar-refractivity contribution < 1.29 is 9.32 Å². The molecule has 1 aliphatic rings. The molecule has 2 aromatic rings. The van der Waals surface area contributed by atoms with E-state index in [0.29, 0.717) is 36.1 Å². The summed E-state index contributed by atoms with van der Waals surface area (Å²) in [5.41, 5.74) is 0.501. The molecule has 110 valence electrons. The minimum Gasteiger partial charge on any atom is -0.356 e. The average molecular weight is 307 g/mol. The fourth-order valence-electron chi connectivity index (χ4n) is 2.45. The number of pyridine rings is 1. The molecule has 21 heavy (non-hydrogen) atoms. The molecule has 1 fully saturated rings. The maximum absolute atomic E-state index is 11.6. The molecule has 6 nitrogen and oxygen atoms in total. The third-order valence-electron chi connectivity index (χ3n) is 3.74. The van der Waals surface area contributed by atoms with Crippen LogP contribution in [0.15, 0.2) is 23.0 Å². The fraction of sp³-hybridized carbons (Fsp3) is 0.429. The van der Waals surface area contributed by atoms with Gasteiger partial charge in [0, 0.05) is 31.8 Å². The second-order valence-corrected chi connectivity index (χ2v) is 5.90. The maximum atomic E-state index is 11.6. The number of halogens is 1. The number of nitrogens with zero attached hydrogens (tertiary/aromatic N) is 3. The summed E-state index contributed by atoms with van der Waals surface area (Å²) in [6.45, 7) is 2.60. The normalized spacial score (nSPS) is 22.1. The lowest BCUT2D eigenvalue weighted by atomic mass is 9.80. The van der Waals surface area contributed by atoms with Gasteiger partial charge in [-0.25, -0.2) is 0 Å². The van der Waals surface area contributed by atoms with Gasteiger partial charge in [0.2, 0.25) is 11.8 Å². The highest BCUT2D eigenvalue weighted by Gasteiger charge is 2.38. The van der Waals surface area contributed by atoms with E-state index >= 15 is 0 Å². The molecule has 1 aliphatic heterocycles. The summed E-state index contributed by atoms with van der Waals surface area (Å²) in [5.74, 6) is 1.09. The number of carbonyl (C=O) groups is 1. The van der Waals surface area contributed by atoms with Crippen molar-refractivity contribution in [2.75, 3.05) is 6.54 Å². The van der Waals surface area contributed by atoms with Crippen LogP contribution in [0.4, 0.5) is 0 Å². The Morgan fingerprint density at radius 2 is 2.38 bits per heavy atom.